The number of sulfone groups is 1. The van der Waals surface area contributed by atoms with Gasteiger partial charge in [0, 0.05) is 0 Å². The maximum Gasteiger partial charge on any atom is 0.209 e. The van der Waals surface area contributed by atoms with E-state index in [1.165, 1.54) is 22.7 Å². The number of hydrogen-bond acceptors (Lipinski definition) is 4. The van der Waals surface area contributed by atoms with Gasteiger partial charge in [0.2, 0.25) is 9.84 Å². The summed E-state index contributed by atoms with van der Waals surface area (Å²) in [5.74, 6) is 0. The molecule has 0 bridgehead atoms. The first-order valence-corrected chi connectivity index (χ1v) is 6.86. The van der Waals surface area contributed by atoms with Crippen LogP contribution in [0, 0.1) is 0 Å². The highest BCUT2D eigenvalue weighted by Gasteiger charge is 2.34. The standard InChI is InChI=1S/C8H4O2S3/c9-13(10)5-1-3-11-7(5)8-6(13)2-4-12-8/h1-4H. The van der Waals surface area contributed by atoms with Crippen molar-refractivity contribution >= 4 is 32.5 Å². The van der Waals surface area contributed by atoms with E-state index in [9.17, 15) is 8.42 Å². The number of thiophene rings is 2. The predicted molar refractivity (Wildman–Crippen MR) is 53.1 cm³/mol. The molecule has 3 rings (SSSR count). The van der Waals surface area contributed by atoms with Crippen LogP contribution < -0.4 is 0 Å². The molecule has 1 aliphatic rings. The summed E-state index contributed by atoms with van der Waals surface area (Å²) in [6.07, 6.45) is 0. The Kier molecular flexibility index (Phi) is 1.33. The van der Waals surface area contributed by atoms with Gasteiger partial charge in [-0.25, -0.2) is 8.42 Å². The molecule has 3 heterocycles. The van der Waals surface area contributed by atoms with Crippen LogP contribution in [0.2, 0.25) is 0 Å². The fourth-order valence-corrected chi connectivity index (χ4v) is 5.91. The Morgan fingerprint density at radius 2 is 1.38 bits per heavy atom. The molecule has 0 saturated heterocycles. The van der Waals surface area contributed by atoms with E-state index in [0.29, 0.717) is 9.79 Å². The summed E-state index contributed by atoms with van der Waals surface area (Å²) < 4.78 is 23.6. The third-order valence-electron chi connectivity index (χ3n) is 2.04. The molecule has 0 aromatic carbocycles. The highest BCUT2D eigenvalue weighted by Crippen LogP contribution is 2.48. The van der Waals surface area contributed by atoms with Gasteiger partial charge in [-0.15, -0.1) is 22.7 Å². The van der Waals surface area contributed by atoms with Gasteiger partial charge in [-0.2, -0.15) is 0 Å². The molecule has 2 aromatic rings. The molecule has 0 fully saturated rings. The van der Waals surface area contributed by atoms with Crippen molar-refractivity contribution in [2.75, 3.05) is 0 Å². The summed E-state index contributed by atoms with van der Waals surface area (Å²) in [6.45, 7) is 0. The van der Waals surface area contributed by atoms with Crippen molar-refractivity contribution in [3.05, 3.63) is 22.9 Å². The Morgan fingerprint density at radius 3 is 1.85 bits per heavy atom. The minimum atomic E-state index is -3.16. The lowest BCUT2D eigenvalue weighted by molar-refractivity contribution is 0.599. The molecule has 0 spiro atoms. The molecule has 2 nitrogen and oxygen atoms in total. The normalized spacial score (nSPS) is 16.9. The maximum atomic E-state index is 11.8. The summed E-state index contributed by atoms with van der Waals surface area (Å²) in [7, 11) is -3.16. The molecular formula is C8H4O2S3. The average molecular weight is 228 g/mol. The first-order valence-electron chi connectivity index (χ1n) is 3.62. The molecule has 0 radical (unpaired) electrons. The fourth-order valence-electron chi connectivity index (χ4n) is 1.47. The number of hydrogen-bond donors (Lipinski definition) is 0. The molecule has 5 heteroatoms. The van der Waals surface area contributed by atoms with Crippen LogP contribution in [0.3, 0.4) is 0 Å². The first kappa shape index (κ1) is 7.73. The average Bonchev–Trinajstić information content (AvgIpc) is 2.74. The topological polar surface area (TPSA) is 34.1 Å². The Labute approximate surface area is 83.4 Å². The van der Waals surface area contributed by atoms with Gasteiger partial charge in [0.1, 0.15) is 0 Å². The number of rotatable bonds is 0. The van der Waals surface area contributed by atoms with Crippen LogP contribution in [0.15, 0.2) is 32.7 Å². The van der Waals surface area contributed by atoms with Crippen LogP contribution in [-0.4, -0.2) is 8.42 Å². The molecule has 1 aliphatic heterocycles. The van der Waals surface area contributed by atoms with Gasteiger partial charge >= 0.3 is 0 Å². The number of fused-ring (bicyclic) bond motifs is 3. The second kappa shape index (κ2) is 2.23. The molecule has 66 valence electrons. The van der Waals surface area contributed by atoms with Crippen LogP contribution in [0.25, 0.3) is 9.75 Å². The third kappa shape index (κ3) is 0.794. The molecule has 0 atom stereocenters. The van der Waals surface area contributed by atoms with Crippen LogP contribution in [-0.2, 0) is 9.84 Å². The molecule has 0 N–H and O–H groups in total. The zero-order valence-corrected chi connectivity index (χ0v) is 8.80. The molecule has 13 heavy (non-hydrogen) atoms. The lowest BCUT2D eigenvalue weighted by atomic mass is 10.4. The summed E-state index contributed by atoms with van der Waals surface area (Å²) >= 11 is 2.99. The zero-order valence-electron chi connectivity index (χ0n) is 6.35. The Bertz CT molecular complexity index is 528. The van der Waals surface area contributed by atoms with Gasteiger partial charge in [-0.05, 0) is 22.9 Å². The van der Waals surface area contributed by atoms with Crippen molar-refractivity contribution in [3.63, 3.8) is 0 Å². The van der Waals surface area contributed by atoms with Gasteiger partial charge in [0.15, 0.2) is 0 Å². The lowest BCUT2D eigenvalue weighted by Gasteiger charge is -1.90. The van der Waals surface area contributed by atoms with E-state index in [2.05, 4.69) is 0 Å². The smallest absolute Gasteiger partial charge is 0.209 e. The second-order valence-electron chi connectivity index (χ2n) is 2.73. The van der Waals surface area contributed by atoms with Gasteiger partial charge in [0.05, 0.1) is 19.5 Å². The maximum absolute atomic E-state index is 11.8. The molecular weight excluding hydrogens is 224 g/mol. The van der Waals surface area contributed by atoms with E-state index in [4.69, 9.17) is 0 Å². The predicted octanol–water partition coefficient (Wildman–Crippen LogP) is 2.62. The largest absolute Gasteiger partial charge is 0.218 e. The Hall–Kier alpha value is -0.650. The van der Waals surface area contributed by atoms with E-state index in [0.717, 1.165) is 9.75 Å². The van der Waals surface area contributed by atoms with Gasteiger partial charge in [-0.1, -0.05) is 0 Å². The highest BCUT2D eigenvalue weighted by molar-refractivity contribution is 7.92. The molecule has 2 aromatic heterocycles. The Morgan fingerprint density at radius 1 is 0.923 bits per heavy atom. The molecule has 0 amide bonds. The third-order valence-corrected chi connectivity index (χ3v) is 6.13. The highest BCUT2D eigenvalue weighted by atomic mass is 32.2. The van der Waals surface area contributed by atoms with Gasteiger partial charge in [-0.3, -0.25) is 0 Å². The van der Waals surface area contributed by atoms with E-state index >= 15 is 0 Å². The SMILES string of the molecule is O=S1(=O)c2ccsc2-c2sccc21. The molecule has 0 aliphatic carbocycles. The molecule has 0 saturated carbocycles. The summed E-state index contributed by atoms with van der Waals surface area (Å²) in [4.78, 5) is 2.79. The van der Waals surface area contributed by atoms with E-state index < -0.39 is 9.84 Å². The van der Waals surface area contributed by atoms with E-state index in [1.807, 2.05) is 10.8 Å². The van der Waals surface area contributed by atoms with Crippen LogP contribution in [0.1, 0.15) is 0 Å². The van der Waals surface area contributed by atoms with Crippen molar-refractivity contribution in [2.45, 2.75) is 9.79 Å². The minimum absolute atomic E-state index is 0.486. The Balaban J connectivity index is 2.58. The van der Waals surface area contributed by atoms with E-state index in [-0.39, 0.29) is 0 Å². The zero-order chi connectivity index (χ0) is 9.05. The summed E-state index contributed by atoms with van der Waals surface area (Å²) in [5.41, 5.74) is 0. The van der Waals surface area contributed by atoms with Crippen molar-refractivity contribution < 1.29 is 8.42 Å². The van der Waals surface area contributed by atoms with Crippen LogP contribution in [0.4, 0.5) is 0 Å². The summed E-state index contributed by atoms with van der Waals surface area (Å²) in [6, 6.07) is 3.37. The second-order valence-corrected chi connectivity index (χ2v) is 6.45. The van der Waals surface area contributed by atoms with Crippen molar-refractivity contribution in [2.24, 2.45) is 0 Å². The first-order chi connectivity index (χ1) is 6.21. The summed E-state index contributed by atoms with van der Waals surface area (Å²) in [5, 5.41) is 3.65. The van der Waals surface area contributed by atoms with Crippen molar-refractivity contribution in [1.29, 1.82) is 0 Å². The van der Waals surface area contributed by atoms with Crippen LogP contribution >= 0.6 is 22.7 Å². The molecule has 0 unspecified atom stereocenters. The van der Waals surface area contributed by atoms with E-state index in [1.54, 1.807) is 12.1 Å². The van der Waals surface area contributed by atoms with Crippen molar-refractivity contribution in [1.82, 2.24) is 0 Å². The monoisotopic (exact) mass is 228 g/mol. The van der Waals surface area contributed by atoms with Crippen molar-refractivity contribution in [3.8, 4) is 9.75 Å². The van der Waals surface area contributed by atoms with Crippen LogP contribution in [0.5, 0.6) is 0 Å². The fraction of sp³-hybridized carbons (Fsp3) is 0. The van der Waals surface area contributed by atoms with Gasteiger partial charge in [0.25, 0.3) is 0 Å². The quantitative estimate of drug-likeness (QED) is 0.592. The minimum Gasteiger partial charge on any atom is -0.218 e. The lowest BCUT2D eigenvalue weighted by Crippen LogP contribution is -1.93. The van der Waals surface area contributed by atoms with Gasteiger partial charge < -0.3 is 0 Å².